The lowest BCUT2D eigenvalue weighted by molar-refractivity contribution is 0.0570. The second kappa shape index (κ2) is 7.09. The van der Waals surface area contributed by atoms with E-state index in [0.717, 1.165) is 38.4 Å². The Hall–Kier alpha value is -1.62. The Morgan fingerprint density at radius 1 is 1.36 bits per heavy atom. The molecule has 2 aliphatic rings. The molecule has 0 aromatic carbocycles. The molecule has 5 nitrogen and oxygen atoms in total. The standard InChI is InChI=1S/C17H25N3O2/c1-22-12-13-4-3-9-20(11-13)17(21)14-7-8-16(18-10-14)19-15-5-2-6-15/h7-8,10,13,15H,2-6,9,11-12H2,1H3,(H,18,19)/t13-/m1/s1. The Kier molecular flexibility index (Phi) is 4.93. The van der Waals surface area contributed by atoms with E-state index in [0.29, 0.717) is 17.5 Å². The van der Waals surface area contributed by atoms with Crippen LogP contribution in [0.5, 0.6) is 0 Å². The van der Waals surface area contributed by atoms with Crippen molar-refractivity contribution in [3.05, 3.63) is 23.9 Å². The number of amides is 1. The van der Waals surface area contributed by atoms with Crippen LogP contribution >= 0.6 is 0 Å². The van der Waals surface area contributed by atoms with Crippen LogP contribution in [0.15, 0.2) is 18.3 Å². The Labute approximate surface area is 132 Å². The lowest BCUT2D eigenvalue weighted by Crippen LogP contribution is -2.41. The topological polar surface area (TPSA) is 54.5 Å². The molecule has 0 spiro atoms. The van der Waals surface area contributed by atoms with Gasteiger partial charge in [0.15, 0.2) is 0 Å². The number of rotatable bonds is 5. The normalized spacial score (nSPS) is 22.2. The number of nitrogens with zero attached hydrogens (tertiary/aromatic N) is 2. The average molecular weight is 303 g/mol. The van der Waals surface area contributed by atoms with Gasteiger partial charge in [-0.15, -0.1) is 0 Å². The minimum Gasteiger partial charge on any atom is -0.384 e. The van der Waals surface area contributed by atoms with E-state index in [1.54, 1.807) is 13.3 Å². The number of ether oxygens (including phenoxy) is 1. The number of nitrogens with one attached hydrogen (secondary N) is 1. The molecule has 2 fully saturated rings. The number of piperidine rings is 1. The van der Waals surface area contributed by atoms with Gasteiger partial charge in [-0.25, -0.2) is 4.98 Å². The third kappa shape index (κ3) is 3.58. The molecule has 3 rings (SSSR count). The van der Waals surface area contributed by atoms with Gasteiger partial charge in [0.1, 0.15) is 5.82 Å². The fourth-order valence-electron chi connectivity index (χ4n) is 3.17. The van der Waals surface area contributed by atoms with E-state index in [1.165, 1.54) is 19.3 Å². The summed E-state index contributed by atoms with van der Waals surface area (Å²) in [5, 5.41) is 3.40. The predicted octanol–water partition coefficient (Wildman–Crippen LogP) is 2.54. The molecule has 1 amide bonds. The number of pyridine rings is 1. The number of hydrogen-bond donors (Lipinski definition) is 1. The highest BCUT2D eigenvalue weighted by Gasteiger charge is 2.24. The third-order valence-electron chi connectivity index (χ3n) is 4.68. The molecule has 120 valence electrons. The Bertz CT molecular complexity index is 497. The highest BCUT2D eigenvalue weighted by atomic mass is 16.5. The summed E-state index contributed by atoms with van der Waals surface area (Å²) in [7, 11) is 1.72. The molecule has 1 N–H and O–H groups in total. The van der Waals surface area contributed by atoms with Gasteiger partial charge in [0, 0.05) is 32.4 Å². The lowest BCUT2D eigenvalue weighted by atomic mass is 9.93. The van der Waals surface area contributed by atoms with E-state index in [2.05, 4.69) is 10.3 Å². The maximum absolute atomic E-state index is 12.6. The van der Waals surface area contributed by atoms with Crippen molar-refractivity contribution >= 4 is 11.7 Å². The average Bonchev–Trinajstić information content (AvgIpc) is 2.51. The number of carbonyl (C=O) groups excluding carboxylic acids is 1. The van der Waals surface area contributed by atoms with Crippen LogP contribution in [-0.4, -0.2) is 48.6 Å². The summed E-state index contributed by atoms with van der Waals surface area (Å²) in [4.78, 5) is 18.9. The summed E-state index contributed by atoms with van der Waals surface area (Å²) < 4.78 is 5.23. The van der Waals surface area contributed by atoms with Crippen molar-refractivity contribution in [2.75, 3.05) is 32.1 Å². The molecule has 2 heterocycles. The third-order valence-corrected chi connectivity index (χ3v) is 4.68. The highest BCUT2D eigenvalue weighted by Crippen LogP contribution is 2.23. The van der Waals surface area contributed by atoms with Gasteiger partial charge in [0.05, 0.1) is 12.2 Å². The Morgan fingerprint density at radius 3 is 2.86 bits per heavy atom. The number of hydrogen-bond acceptors (Lipinski definition) is 4. The first-order chi connectivity index (χ1) is 10.8. The minimum atomic E-state index is 0.0866. The van der Waals surface area contributed by atoms with Crippen LogP contribution in [0.3, 0.4) is 0 Å². The number of likely N-dealkylation sites (tertiary alicyclic amines) is 1. The van der Waals surface area contributed by atoms with Gasteiger partial charge in [0.2, 0.25) is 0 Å². The van der Waals surface area contributed by atoms with Gasteiger partial charge in [0.25, 0.3) is 5.91 Å². The second-order valence-corrected chi connectivity index (χ2v) is 6.42. The van der Waals surface area contributed by atoms with Gasteiger partial charge >= 0.3 is 0 Å². The lowest BCUT2D eigenvalue weighted by Gasteiger charge is -2.32. The Balaban J connectivity index is 1.58. The molecule has 1 aliphatic heterocycles. The van der Waals surface area contributed by atoms with Gasteiger partial charge in [-0.3, -0.25) is 4.79 Å². The predicted molar refractivity (Wildman–Crippen MR) is 86.0 cm³/mol. The SMILES string of the molecule is COC[C@@H]1CCCN(C(=O)c2ccc(NC3CCC3)nc2)C1. The summed E-state index contributed by atoms with van der Waals surface area (Å²) >= 11 is 0. The quantitative estimate of drug-likeness (QED) is 0.908. The smallest absolute Gasteiger partial charge is 0.255 e. The van der Waals surface area contributed by atoms with Crippen molar-refractivity contribution in [1.29, 1.82) is 0 Å². The molecule has 0 bridgehead atoms. The van der Waals surface area contributed by atoms with E-state index in [1.807, 2.05) is 17.0 Å². The number of aromatic nitrogens is 1. The van der Waals surface area contributed by atoms with Gasteiger partial charge in [-0.2, -0.15) is 0 Å². The first-order valence-corrected chi connectivity index (χ1v) is 8.27. The molecular formula is C17H25N3O2. The monoisotopic (exact) mass is 303 g/mol. The zero-order chi connectivity index (χ0) is 15.4. The van der Waals surface area contributed by atoms with E-state index in [9.17, 15) is 4.79 Å². The summed E-state index contributed by atoms with van der Waals surface area (Å²) in [6, 6.07) is 4.37. The summed E-state index contributed by atoms with van der Waals surface area (Å²) in [5.74, 6) is 1.41. The van der Waals surface area contributed by atoms with Crippen molar-refractivity contribution in [2.24, 2.45) is 5.92 Å². The van der Waals surface area contributed by atoms with Gasteiger partial charge in [-0.05, 0) is 50.2 Å². The number of anilines is 1. The maximum atomic E-state index is 12.6. The van der Waals surface area contributed by atoms with Crippen molar-refractivity contribution in [1.82, 2.24) is 9.88 Å². The molecule has 22 heavy (non-hydrogen) atoms. The van der Waals surface area contributed by atoms with Crippen molar-refractivity contribution < 1.29 is 9.53 Å². The van der Waals surface area contributed by atoms with E-state index >= 15 is 0 Å². The van der Waals surface area contributed by atoms with E-state index in [4.69, 9.17) is 4.74 Å². The molecule has 1 saturated heterocycles. The molecular weight excluding hydrogens is 278 g/mol. The molecule has 0 radical (unpaired) electrons. The molecule has 0 unspecified atom stereocenters. The van der Waals surface area contributed by atoms with Crippen LogP contribution in [0.25, 0.3) is 0 Å². The minimum absolute atomic E-state index is 0.0866. The first kappa shape index (κ1) is 15.3. The number of carbonyl (C=O) groups is 1. The van der Waals surface area contributed by atoms with Crippen LogP contribution in [0.2, 0.25) is 0 Å². The van der Waals surface area contributed by atoms with Crippen LogP contribution in [-0.2, 0) is 4.74 Å². The van der Waals surface area contributed by atoms with E-state index in [-0.39, 0.29) is 5.91 Å². The summed E-state index contributed by atoms with van der Waals surface area (Å²) in [5.41, 5.74) is 0.678. The van der Waals surface area contributed by atoms with Crippen LogP contribution < -0.4 is 5.32 Å². The number of methoxy groups -OCH3 is 1. The molecule has 5 heteroatoms. The van der Waals surface area contributed by atoms with Gasteiger partial charge < -0.3 is 15.0 Å². The van der Waals surface area contributed by atoms with Crippen LogP contribution in [0.4, 0.5) is 5.82 Å². The fourth-order valence-corrected chi connectivity index (χ4v) is 3.17. The molecule has 1 aromatic rings. The first-order valence-electron chi connectivity index (χ1n) is 8.27. The second-order valence-electron chi connectivity index (χ2n) is 6.42. The van der Waals surface area contributed by atoms with E-state index < -0.39 is 0 Å². The van der Waals surface area contributed by atoms with Crippen molar-refractivity contribution in [3.8, 4) is 0 Å². The zero-order valence-corrected chi connectivity index (χ0v) is 13.3. The molecule has 1 aliphatic carbocycles. The van der Waals surface area contributed by atoms with Gasteiger partial charge in [-0.1, -0.05) is 0 Å². The van der Waals surface area contributed by atoms with Crippen molar-refractivity contribution in [3.63, 3.8) is 0 Å². The molecule has 1 aromatic heterocycles. The van der Waals surface area contributed by atoms with Crippen LogP contribution in [0, 0.1) is 5.92 Å². The fraction of sp³-hybridized carbons (Fsp3) is 0.647. The summed E-state index contributed by atoms with van der Waals surface area (Å²) in [6.07, 6.45) is 7.62. The summed E-state index contributed by atoms with van der Waals surface area (Å²) in [6.45, 7) is 2.35. The highest BCUT2D eigenvalue weighted by molar-refractivity contribution is 5.94. The largest absolute Gasteiger partial charge is 0.384 e. The zero-order valence-electron chi connectivity index (χ0n) is 13.3. The maximum Gasteiger partial charge on any atom is 0.255 e. The molecule has 1 atom stereocenters. The van der Waals surface area contributed by atoms with Crippen molar-refractivity contribution in [2.45, 2.75) is 38.1 Å². The van der Waals surface area contributed by atoms with Crippen LogP contribution in [0.1, 0.15) is 42.5 Å². The Morgan fingerprint density at radius 2 is 2.23 bits per heavy atom. The molecule has 1 saturated carbocycles.